The van der Waals surface area contributed by atoms with Crippen molar-refractivity contribution in [1.29, 1.82) is 0 Å². The Morgan fingerprint density at radius 2 is 1.80 bits per heavy atom. The van der Waals surface area contributed by atoms with Gasteiger partial charge >= 0.3 is 6.18 Å². The Morgan fingerprint density at radius 3 is 2.40 bits per heavy atom. The summed E-state index contributed by atoms with van der Waals surface area (Å²) in [6, 6.07) is 1.01. The maximum Gasteiger partial charge on any atom is 0.401 e. The van der Waals surface area contributed by atoms with E-state index in [1.165, 1.54) is 24.3 Å². The highest BCUT2D eigenvalue weighted by Crippen LogP contribution is 2.20. The third-order valence-corrected chi connectivity index (χ3v) is 4.54. The van der Waals surface area contributed by atoms with Crippen LogP contribution in [0.5, 0.6) is 0 Å². The van der Waals surface area contributed by atoms with Gasteiger partial charge in [0, 0.05) is 18.6 Å². The summed E-state index contributed by atoms with van der Waals surface area (Å²) in [7, 11) is 0. The summed E-state index contributed by atoms with van der Waals surface area (Å²) in [5.74, 6) is 0. The molecule has 3 nitrogen and oxygen atoms in total. The minimum absolute atomic E-state index is 0.388. The highest BCUT2D eigenvalue weighted by Gasteiger charge is 2.32. The fourth-order valence-electron chi connectivity index (χ4n) is 3.39. The molecule has 0 spiro atoms. The first-order valence-electron chi connectivity index (χ1n) is 7.74. The standard InChI is InChI=1S/C14H26F3N3/c1-2-20-7-3-4-13(20)10-18-12-5-8-19(9-6-12)11-14(15,16)17/h12-13,18H,2-11H2,1H3. The number of nitrogens with zero attached hydrogens (tertiary/aromatic N) is 2. The highest BCUT2D eigenvalue weighted by atomic mass is 19.4. The van der Waals surface area contributed by atoms with Gasteiger partial charge < -0.3 is 5.32 Å². The van der Waals surface area contributed by atoms with Crippen molar-refractivity contribution < 1.29 is 13.2 Å². The Balaban J connectivity index is 1.64. The molecule has 2 aliphatic rings. The lowest BCUT2D eigenvalue weighted by molar-refractivity contribution is -0.148. The van der Waals surface area contributed by atoms with Crippen LogP contribution in [-0.4, -0.2) is 67.3 Å². The molecule has 2 fully saturated rings. The average molecular weight is 293 g/mol. The molecule has 0 saturated carbocycles. The highest BCUT2D eigenvalue weighted by molar-refractivity contribution is 4.84. The van der Waals surface area contributed by atoms with Crippen LogP contribution in [0.4, 0.5) is 13.2 Å². The first-order chi connectivity index (χ1) is 9.48. The van der Waals surface area contributed by atoms with E-state index in [9.17, 15) is 13.2 Å². The van der Waals surface area contributed by atoms with E-state index >= 15 is 0 Å². The number of rotatable bonds is 5. The van der Waals surface area contributed by atoms with Gasteiger partial charge in [0.05, 0.1) is 6.54 Å². The fraction of sp³-hybridized carbons (Fsp3) is 1.00. The second-order valence-electron chi connectivity index (χ2n) is 6.00. The van der Waals surface area contributed by atoms with E-state index in [0.29, 0.717) is 25.2 Å². The first kappa shape index (κ1) is 16.0. The molecule has 2 heterocycles. The number of likely N-dealkylation sites (N-methyl/N-ethyl adjacent to an activating group) is 1. The Morgan fingerprint density at radius 1 is 1.10 bits per heavy atom. The third-order valence-electron chi connectivity index (χ3n) is 4.54. The molecule has 0 aromatic rings. The van der Waals surface area contributed by atoms with Crippen LogP contribution in [0.25, 0.3) is 0 Å². The molecule has 2 saturated heterocycles. The SMILES string of the molecule is CCN1CCCC1CNC1CCN(CC(F)(F)F)CC1. The summed E-state index contributed by atoms with van der Waals surface area (Å²) in [5, 5.41) is 3.56. The molecule has 0 aromatic carbocycles. The Kier molecular flexibility index (Phi) is 5.69. The zero-order valence-electron chi connectivity index (χ0n) is 12.3. The van der Waals surface area contributed by atoms with Crippen molar-refractivity contribution in [2.24, 2.45) is 0 Å². The molecule has 1 atom stereocenters. The smallest absolute Gasteiger partial charge is 0.312 e. The molecular formula is C14H26F3N3. The predicted molar refractivity (Wildman–Crippen MR) is 73.8 cm³/mol. The van der Waals surface area contributed by atoms with Crippen LogP contribution in [-0.2, 0) is 0 Å². The molecule has 0 amide bonds. The lowest BCUT2D eigenvalue weighted by Gasteiger charge is -2.34. The van der Waals surface area contributed by atoms with Crippen LogP contribution in [0.2, 0.25) is 0 Å². The number of piperidine rings is 1. The van der Waals surface area contributed by atoms with Crippen LogP contribution in [0.3, 0.4) is 0 Å². The van der Waals surface area contributed by atoms with Crippen LogP contribution in [0.15, 0.2) is 0 Å². The van der Waals surface area contributed by atoms with Crippen LogP contribution >= 0.6 is 0 Å². The molecular weight excluding hydrogens is 267 g/mol. The largest absolute Gasteiger partial charge is 0.401 e. The van der Waals surface area contributed by atoms with E-state index in [1.807, 2.05) is 0 Å². The number of likely N-dealkylation sites (tertiary alicyclic amines) is 2. The molecule has 1 unspecified atom stereocenters. The van der Waals surface area contributed by atoms with E-state index in [-0.39, 0.29) is 0 Å². The van der Waals surface area contributed by atoms with E-state index in [4.69, 9.17) is 0 Å². The summed E-state index contributed by atoms with van der Waals surface area (Å²) >= 11 is 0. The van der Waals surface area contributed by atoms with Crippen molar-refractivity contribution >= 4 is 0 Å². The maximum absolute atomic E-state index is 12.3. The van der Waals surface area contributed by atoms with Crippen LogP contribution in [0.1, 0.15) is 32.6 Å². The number of nitrogens with one attached hydrogen (secondary N) is 1. The summed E-state index contributed by atoms with van der Waals surface area (Å²) in [6.07, 6.45) is 0.105. The summed E-state index contributed by atoms with van der Waals surface area (Å²) in [5.41, 5.74) is 0. The molecule has 0 bridgehead atoms. The van der Waals surface area contributed by atoms with Gasteiger partial charge in [-0.15, -0.1) is 0 Å². The fourth-order valence-corrected chi connectivity index (χ4v) is 3.39. The molecule has 118 valence electrons. The molecule has 0 aromatic heterocycles. The van der Waals surface area contributed by atoms with E-state index < -0.39 is 12.7 Å². The molecule has 6 heteroatoms. The second-order valence-corrected chi connectivity index (χ2v) is 6.00. The van der Waals surface area contributed by atoms with Gasteiger partial charge in [-0.3, -0.25) is 9.80 Å². The Labute approximate surface area is 119 Å². The lowest BCUT2D eigenvalue weighted by Crippen LogP contribution is -2.48. The van der Waals surface area contributed by atoms with Gasteiger partial charge in [-0.1, -0.05) is 6.92 Å². The maximum atomic E-state index is 12.3. The zero-order chi connectivity index (χ0) is 14.6. The van der Waals surface area contributed by atoms with Crippen molar-refractivity contribution in [2.45, 2.75) is 50.9 Å². The molecule has 2 rings (SSSR count). The lowest BCUT2D eigenvalue weighted by atomic mass is 10.0. The van der Waals surface area contributed by atoms with Crippen LogP contribution in [0, 0.1) is 0 Å². The van der Waals surface area contributed by atoms with Gasteiger partial charge in [-0.05, 0) is 51.9 Å². The van der Waals surface area contributed by atoms with Gasteiger partial charge in [0.1, 0.15) is 0 Å². The Bertz CT molecular complexity index is 288. The van der Waals surface area contributed by atoms with Gasteiger partial charge in [0.2, 0.25) is 0 Å². The zero-order valence-corrected chi connectivity index (χ0v) is 12.3. The predicted octanol–water partition coefficient (Wildman–Crippen LogP) is 2.09. The molecule has 20 heavy (non-hydrogen) atoms. The van der Waals surface area contributed by atoms with Crippen molar-refractivity contribution in [3.63, 3.8) is 0 Å². The van der Waals surface area contributed by atoms with E-state index in [2.05, 4.69) is 17.1 Å². The number of hydrogen-bond acceptors (Lipinski definition) is 3. The summed E-state index contributed by atoms with van der Waals surface area (Å²) in [4.78, 5) is 4.01. The van der Waals surface area contributed by atoms with E-state index in [1.54, 1.807) is 0 Å². The molecule has 0 aliphatic carbocycles. The molecule has 2 aliphatic heterocycles. The molecule has 0 radical (unpaired) electrons. The number of hydrogen-bond donors (Lipinski definition) is 1. The topological polar surface area (TPSA) is 18.5 Å². The van der Waals surface area contributed by atoms with Crippen molar-refractivity contribution in [1.82, 2.24) is 15.1 Å². The molecule has 1 N–H and O–H groups in total. The quantitative estimate of drug-likeness (QED) is 0.837. The van der Waals surface area contributed by atoms with Gasteiger partial charge in [0.15, 0.2) is 0 Å². The van der Waals surface area contributed by atoms with Crippen LogP contribution < -0.4 is 5.32 Å². The minimum atomic E-state index is -4.06. The first-order valence-corrected chi connectivity index (χ1v) is 7.74. The normalized spacial score (nSPS) is 27.3. The third kappa shape index (κ3) is 4.90. The summed E-state index contributed by atoms with van der Waals surface area (Å²) in [6.45, 7) is 5.81. The second kappa shape index (κ2) is 7.09. The van der Waals surface area contributed by atoms with Crippen molar-refractivity contribution in [3.8, 4) is 0 Å². The van der Waals surface area contributed by atoms with Gasteiger partial charge in [0.25, 0.3) is 0 Å². The van der Waals surface area contributed by atoms with E-state index in [0.717, 1.165) is 25.9 Å². The summed E-state index contributed by atoms with van der Waals surface area (Å²) < 4.78 is 36.9. The van der Waals surface area contributed by atoms with Crippen molar-refractivity contribution in [3.05, 3.63) is 0 Å². The van der Waals surface area contributed by atoms with Gasteiger partial charge in [-0.2, -0.15) is 13.2 Å². The monoisotopic (exact) mass is 293 g/mol. The Hall–Kier alpha value is -0.330. The number of halogens is 3. The van der Waals surface area contributed by atoms with Crippen molar-refractivity contribution in [2.75, 3.05) is 39.3 Å². The van der Waals surface area contributed by atoms with Gasteiger partial charge in [-0.25, -0.2) is 0 Å². The minimum Gasteiger partial charge on any atom is -0.312 e. The number of alkyl halides is 3. The average Bonchev–Trinajstić information content (AvgIpc) is 2.83.